The van der Waals surface area contributed by atoms with Crippen molar-refractivity contribution in [2.24, 2.45) is 0 Å². The monoisotopic (exact) mass is 730 g/mol. The van der Waals surface area contributed by atoms with Crippen LogP contribution in [0.25, 0.3) is 0 Å². The van der Waals surface area contributed by atoms with Gasteiger partial charge in [0.1, 0.15) is 6.04 Å². The van der Waals surface area contributed by atoms with E-state index in [-0.39, 0.29) is 31.1 Å². The number of carbonyl (C=O) groups is 3. The summed E-state index contributed by atoms with van der Waals surface area (Å²) in [6.45, 7) is 5.79. The molecule has 0 bridgehead atoms. The molecule has 1 rings (SSSR count). The van der Waals surface area contributed by atoms with Crippen molar-refractivity contribution in [1.29, 1.82) is 0 Å². The van der Waals surface area contributed by atoms with Crippen LogP contribution in [0.5, 0.6) is 0 Å². The van der Waals surface area contributed by atoms with Gasteiger partial charge in [0.05, 0.1) is 19.6 Å². The van der Waals surface area contributed by atoms with Gasteiger partial charge in [0, 0.05) is 18.6 Å². The Labute approximate surface area is 320 Å². The van der Waals surface area contributed by atoms with Crippen LogP contribution in [0.1, 0.15) is 213 Å². The van der Waals surface area contributed by atoms with Crippen molar-refractivity contribution in [1.82, 2.24) is 5.32 Å². The molecule has 0 aliphatic heterocycles. The number of pyridine rings is 1. The Bertz CT molecular complexity index is 956. The topological polar surface area (TPSA) is 85.6 Å². The third-order valence-corrected chi connectivity index (χ3v) is 10.1. The summed E-state index contributed by atoms with van der Waals surface area (Å²) in [7, 11) is 0. The Balaban J connectivity index is 2.22. The van der Waals surface area contributed by atoms with E-state index in [1.54, 1.807) is 0 Å². The maximum Gasteiger partial charge on any atom is 0.328 e. The van der Waals surface area contributed by atoms with Gasteiger partial charge >= 0.3 is 11.9 Å². The number of nitrogens with zero attached hydrogens (tertiary/aromatic N) is 1. The minimum Gasteiger partial charge on any atom is -0.466 e. The normalized spacial score (nSPS) is 11.7. The molecule has 7 heteroatoms. The summed E-state index contributed by atoms with van der Waals surface area (Å²) in [4.78, 5) is 38.3. The quantitative estimate of drug-likeness (QED) is 0.0416. The van der Waals surface area contributed by atoms with E-state index < -0.39 is 12.0 Å². The second-order valence-corrected chi connectivity index (χ2v) is 15.1. The van der Waals surface area contributed by atoms with Crippen molar-refractivity contribution < 1.29 is 28.4 Å². The first-order chi connectivity index (χ1) is 25.6. The molecule has 0 saturated heterocycles. The molecule has 7 nitrogen and oxygen atoms in total. The number of hydrogen-bond donors (Lipinski definition) is 1. The van der Waals surface area contributed by atoms with E-state index in [2.05, 4.69) is 19.2 Å². The standard InChI is InChI=1S/C45H80N2O5/c1-3-5-7-9-11-13-15-17-19-21-23-25-27-32-40-51-44(49)35-34-42(46-43(48)36-39-47-37-30-29-31-38-47)45(50)52-41-33-28-26-24-22-20-18-16-14-12-10-8-6-4-2/h29-31,37-38,42H,3-28,32-36,39-41H2,1-2H3/p+1. The van der Waals surface area contributed by atoms with E-state index in [9.17, 15) is 14.4 Å². The van der Waals surface area contributed by atoms with E-state index in [1.165, 1.54) is 148 Å². The molecule has 1 N–H and O–H groups in total. The lowest BCUT2D eigenvalue weighted by molar-refractivity contribution is -0.695. The van der Waals surface area contributed by atoms with Gasteiger partial charge < -0.3 is 14.8 Å². The van der Waals surface area contributed by atoms with Crippen LogP contribution in [0, 0.1) is 0 Å². The molecule has 0 spiro atoms. The number of nitrogens with one attached hydrogen (secondary N) is 1. The largest absolute Gasteiger partial charge is 0.466 e. The molecular formula is C45H81N2O5+. The zero-order chi connectivity index (χ0) is 37.6. The summed E-state index contributed by atoms with van der Waals surface area (Å²) < 4.78 is 13.0. The van der Waals surface area contributed by atoms with Crippen molar-refractivity contribution >= 4 is 17.8 Å². The number of amides is 1. The summed E-state index contributed by atoms with van der Waals surface area (Å²) in [6.07, 6.45) is 40.0. The predicted molar refractivity (Wildman–Crippen MR) is 215 cm³/mol. The fourth-order valence-corrected chi connectivity index (χ4v) is 6.72. The molecule has 0 radical (unpaired) electrons. The fourth-order valence-electron chi connectivity index (χ4n) is 6.72. The van der Waals surface area contributed by atoms with Crippen molar-refractivity contribution in [3.05, 3.63) is 30.6 Å². The summed E-state index contributed by atoms with van der Waals surface area (Å²) in [5.74, 6) is -1.02. The lowest BCUT2D eigenvalue weighted by atomic mass is 10.0. The van der Waals surface area contributed by atoms with E-state index in [0.29, 0.717) is 19.8 Å². The van der Waals surface area contributed by atoms with Crippen LogP contribution in [0.15, 0.2) is 30.6 Å². The summed E-state index contributed by atoms with van der Waals surface area (Å²) in [5.41, 5.74) is 0. The Morgan fingerprint density at radius 3 is 1.31 bits per heavy atom. The average Bonchev–Trinajstić information content (AvgIpc) is 3.15. The van der Waals surface area contributed by atoms with Crippen molar-refractivity contribution in [3.8, 4) is 0 Å². The highest BCUT2D eigenvalue weighted by Crippen LogP contribution is 2.15. The van der Waals surface area contributed by atoms with Gasteiger partial charge in [-0.25, -0.2) is 9.36 Å². The maximum absolute atomic E-state index is 13.0. The van der Waals surface area contributed by atoms with Crippen LogP contribution in [0.3, 0.4) is 0 Å². The highest BCUT2D eigenvalue weighted by atomic mass is 16.5. The van der Waals surface area contributed by atoms with Crippen LogP contribution in [-0.4, -0.2) is 37.1 Å². The summed E-state index contributed by atoms with van der Waals surface area (Å²) >= 11 is 0. The van der Waals surface area contributed by atoms with Crippen LogP contribution in [-0.2, 0) is 30.4 Å². The number of esters is 2. The van der Waals surface area contributed by atoms with Crippen molar-refractivity contribution in [2.75, 3.05) is 13.2 Å². The highest BCUT2D eigenvalue weighted by Gasteiger charge is 2.24. The minimum atomic E-state index is -0.853. The Morgan fingerprint density at radius 2 is 0.885 bits per heavy atom. The summed E-state index contributed by atoms with van der Waals surface area (Å²) in [5, 5.41) is 2.83. The van der Waals surface area contributed by atoms with E-state index in [1.807, 2.05) is 35.2 Å². The van der Waals surface area contributed by atoms with Crippen molar-refractivity contribution in [2.45, 2.75) is 225 Å². The van der Waals surface area contributed by atoms with Gasteiger partial charge in [-0.1, -0.05) is 187 Å². The van der Waals surface area contributed by atoms with Crippen LogP contribution >= 0.6 is 0 Å². The molecule has 0 aromatic carbocycles. The van der Waals surface area contributed by atoms with Gasteiger partial charge in [-0.2, -0.15) is 0 Å². The summed E-state index contributed by atoms with van der Waals surface area (Å²) in [6, 6.07) is 4.91. The second kappa shape index (κ2) is 36.9. The lowest BCUT2D eigenvalue weighted by Crippen LogP contribution is -2.44. The first-order valence-electron chi connectivity index (χ1n) is 22.1. The highest BCUT2D eigenvalue weighted by molar-refractivity contribution is 5.84. The molecule has 1 aromatic rings. The van der Waals surface area contributed by atoms with Gasteiger partial charge in [0.15, 0.2) is 18.9 Å². The predicted octanol–water partition coefficient (Wildman–Crippen LogP) is 11.7. The molecule has 52 heavy (non-hydrogen) atoms. The molecule has 0 aliphatic carbocycles. The first kappa shape index (κ1) is 47.6. The number of ether oxygens (including phenoxy) is 2. The lowest BCUT2D eigenvalue weighted by Gasteiger charge is -2.17. The minimum absolute atomic E-state index is 0.0743. The first-order valence-corrected chi connectivity index (χ1v) is 22.1. The smallest absolute Gasteiger partial charge is 0.328 e. The zero-order valence-corrected chi connectivity index (χ0v) is 34.0. The number of unbranched alkanes of at least 4 members (excludes halogenated alkanes) is 26. The van der Waals surface area contributed by atoms with Gasteiger partial charge in [0.2, 0.25) is 5.91 Å². The molecule has 0 aliphatic rings. The molecule has 1 aromatic heterocycles. The number of carbonyl (C=O) groups excluding carboxylic acids is 3. The second-order valence-electron chi connectivity index (χ2n) is 15.1. The number of rotatable bonds is 38. The molecule has 1 amide bonds. The van der Waals surface area contributed by atoms with Gasteiger partial charge in [-0.15, -0.1) is 0 Å². The number of aryl methyl sites for hydroxylation is 1. The van der Waals surface area contributed by atoms with Crippen molar-refractivity contribution in [3.63, 3.8) is 0 Å². The SMILES string of the molecule is CCCCCCCCCCCCCCCCOC(=O)CCC(NC(=O)CC[n+]1ccccc1)C(=O)OCCCCCCCCCCCCCCCC. The van der Waals surface area contributed by atoms with Gasteiger partial charge in [0.25, 0.3) is 0 Å². The molecule has 1 unspecified atom stereocenters. The van der Waals surface area contributed by atoms with Crippen LogP contribution in [0.4, 0.5) is 0 Å². The third-order valence-electron chi connectivity index (χ3n) is 10.1. The molecule has 1 heterocycles. The van der Waals surface area contributed by atoms with Gasteiger partial charge in [-0.3, -0.25) is 9.59 Å². The van der Waals surface area contributed by atoms with Gasteiger partial charge in [-0.05, 0) is 19.3 Å². The fraction of sp³-hybridized carbons (Fsp3) is 0.822. The van der Waals surface area contributed by atoms with E-state index in [4.69, 9.17) is 9.47 Å². The molecule has 0 saturated carbocycles. The zero-order valence-electron chi connectivity index (χ0n) is 34.0. The average molecular weight is 730 g/mol. The van der Waals surface area contributed by atoms with E-state index in [0.717, 1.165) is 32.1 Å². The van der Waals surface area contributed by atoms with Crippen LogP contribution < -0.4 is 9.88 Å². The molecule has 1 atom stereocenters. The number of hydrogen-bond acceptors (Lipinski definition) is 5. The molecule has 300 valence electrons. The maximum atomic E-state index is 13.0. The Morgan fingerprint density at radius 1 is 0.500 bits per heavy atom. The molecule has 0 fully saturated rings. The number of aromatic nitrogens is 1. The Kier molecular flexibility index (Phi) is 33.8. The van der Waals surface area contributed by atoms with Crippen LogP contribution in [0.2, 0.25) is 0 Å². The molecular weight excluding hydrogens is 649 g/mol. The Hall–Kier alpha value is -2.44. The third kappa shape index (κ3) is 31.1. The van der Waals surface area contributed by atoms with E-state index >= 15 is 0 Å².